The van der Waals surface area contributed by atoms with Crippen LogP contribution in [-0.2, 0) is 22.4 Å². The van der Waals surface area contributed by atoms with Crippen LogP contribution >= 0.6 is 0 Å². The molecule has 0 bridgehead atoms. The van der Waals surface area contributed by atoms with E-state index in [0.717, 1.165) is 5.56 Å². The number of nitrogens with two attached hydrogens (primary N) is 2. The lowest BCUT2D eigenvalue weighted by atomic mass is 10.0. The highest BCUT2D eigenvalue weighted by molar-refractivity contribution is 5.97. The Morgan fingerprint density at radius 1 is 1.03 bits per heavy atom. The van der Waals surface area contributed by atoms with Gasteiger partial charge in [-0.15, -0.1) is 0 Å². The van der Waals surface area contributed by atoms with Gasteiger partial charge in [-0.3, -0.25) is 4.79 Å². The van der Waals surface area contributed by atoms with Gasteiger partial charge in [0, 0.05) is 17.6 Å². The number of anilines is 2. The molecule has 1 atom stereocenters. The van der Waals surface area contributed by atoms with Crippen LogP contribution in [0.15, 0.2) is 42.6 Å². The molecule has 0 saturated heterocycles. The molecule has 0 aliphatic carbocycles. The average molecular weight is 451 g/mol. The molecule has 3 aromatic rings. The zero-order valence-electron chi connectivity index (χ0n) is 17.4. The third-order valence-electron chi connectivity index (χ3n) is 4.74. The zero-order chi connectivity index (χ0) is 24.1. The lowest BCUT2D eigenvalue weighted by molar-refractivity contribution is -0.139. The molecule has 0 spiro atoms. The number of fused-ring (bicyclic) bond motifs is 1. The third kappa shape index (κ3) is 5.76. The zero-order valence-corrected chi connectivity index (χ0v) is 17.4. The number of hydrogen-bond acceptors (Lipinski definition) is 9. The molecule has 1 aromatic carbocycles. The van der Waals surface area contributed by atoms with Crippen LogP contribution in [0.5, 0.6) is 0 Å². The van der Waals surface area contributed by atoms with Crippen molar-refractivity contribution < 1.29 is 24.6 Å². The van der Waals surface area contributed by atoms with Crippen LogP contribution in [0.2, 0.25) is 0 Å². The first kappa shape index (κ1) is 23.1. The first-order valence-corrected chi connectivity index (χ1v) is 9.72. The Labute approximate surface area is 187 Å². The van der Waals surface area contributed by atoms with Gasteiger partial charge >= 0.3 is 11.9 Å². The molecule has 0 radical (unpaired) electrons. The smallest absolute Gasteiger partial charge is 0.331 e. The lowest BCUT2D eigenvalue weighted by Gasteiger charge is -2.14. The van der Waals surface area contributed by atoms with Crippen molar-refractivity contribution in [3.05, 3.63) is 59.4 Å². The van der Waals surface area contributed by atoms with Crippen molar-refractivity contribution in [1.29, 1.82) is 0 Å². The lowest BCUT2D eigenvalue weighted by Crippen LogP contribution is -2.41. The molecular formula is C21H21N7O5. The van der Waals surface area contributed by atoms with Gasteiger partial charge in [-0.25, -0.2) is 19.6 Å². The normalized spacial score (nSPS) is 11.6. The molecule has 0 aliphatic heterocycles. The van der Waals surface area contributed by atoms with E-state index in [1.165, 1.54) is 0 Å². The monoisotopic (exact) mass is 451 g/mol. The highest BCUT2D eigenvalue weighted by Crippen LogP contribution is 2.16. The van der Waals surface area contributed by atoms with Crippen LogP contribution in [0.3, 0.4) is 0 Å². The van der Waals surface area contributed by atoms with Gasteiger partial charge in [-0.2, -0.15) is 9.97 Å². The maximum Gasteiger partial charge on any atom is 0.331 e. The molecule has 3 rings (SSSR count). The second-order valence-electron chi connectivity index (χ2n) is 7.17. The van der Waals surface area contributed by atoms with E-state index in [1.54, 1.807) is 30.5 Å². The predicted octanol–water partition coefficient (Wildman–Crippen LogP) is 0.583. The van der Waals surface area contributed by atoms with Gasteiger partial charge in [0.15, 0.2) is 17.0 Å². The largest absolute Gasteiger partial charge is 0.480 e. The minimum Gasteiger partial charge on any atom is -0.480 e. The first-order chi connectivity index (χ1) is 15.6. The number of carboxylic acids is 2. The molecule has 7 N–H and O–H groups in total. The summed E-state index contributed by atoms with van der Waals surface area (Å²) in [5.74, 6) is -3.15. The SMILES string of the molecule is C=C(CC(NC(=O)c1ccc(CCc2cnc3nc(N)nc(N)c3n2)cc1)C(=O)O)C(=O)O. The number of rotatable bonds is 9. The molecular weight excluding hydrogens is 430 g/mol. The number of hydrogen-bond donors (Lipinski definition) is 5. The number of nitrogens with zero attached hydrogens (tertiary/aromatic N) is 4. The first-order valence-electron chi connectivity index (χ1n) is 9.72. The molecule has 0 saturated carbocycles. The fourth-order valence-electron chi connectivity index (χ4n) is 2.97. The van der Waals surface area contributed by atoms with E-state index in [-0.39, 0.29) is 22.9 Å². The van der Waals surface area contributed by atoms with Gasteiger partial charge in [-0.1, -0.05) is 18.7 Å². The van der Waals surface area contributed by atoms with Crippen molar-refractivity contribution in [1.82, 2.24) is 25.3 Å². The number of aromatic nitrogens is 4. The molecule has 0 aliphatic rings. The van der Waals surface area contributed by atoms with Crippen LogP contribution in [0.1, 0.15) is 28.0 Å². The van der Waals surface area contributed by atoms with Crippen molar-refractivity contribution in [2.75, 3.05) is 11.5 Å². The van der Waals surface area contributed by atoms with Crippen molar-refractivity contribution in [2.24, 2.45) is 0 Å². The van der Waals surface area contributed by atoms with Crippen molar-refractivity contribution in [3.63, 3.8) is 0 Å². The number of aliphatic carboxylic acids is 2. The summed E-state index contributed by atoms with van der Waals surface area (Å²) >= 11 is 0. The fourth-order valence-corrected chi connectivity index (χ4v) is 2.97. The molecule has 1 amide bonds. The van der Waals surface area contributed by atoms with Crippen LogP contribution < -0.4 is 16.8 Å². The highest BCUT2D eigenvalue weighted by atomic mass is 16.4. The van der Waals surface area contributed by atoms with Gasteiger partial charge in [0.05, 0.1) is 11.9 Å². The summed E-state index contributed by atoms with van der Waals surface area (Å²) in [7, 11) is 0. The van der Waals surface area contributed by atoms with E-state index >= 15 is 0 Å². The second-order valence-corrected chi connectivity index (χ2v) is 7.17. The number of carbonyl (C=O) groups is 3. The van der Waals surface area contributed by atoms with Crippen LogP contribution in [-0.4, -0.2) is 54.0 Å². The van der Waals surface area contributed by atoms with Gasteiger partial charge in [0.1, 0.15) is 6.04 Å². The van der Waals surface area contributed by atoms with Gasteiger partial charge in [0.25, 0.3) is 5.91 Å². The summed E-state index contributed by atoms with van der Waals surface area (Å²) in [5.41, 5.74) is 13.6. The molecule has 1 unspecified atom stereocenters. The highest BCUT2D eigenvalue weighted by Gasteiger charge is 2.23. The Bertz CT molecular complexity index is 1240. The summed E-state index contributed by atoms with van der Waals surface area (Å²) in [6.07, 6.45) is 2.29. The van der Waals surface area contributed by atoms with E-state index in [4.69, 9.17) is 16.6 Å². The molecule has 2 heterocycles. The number of benzene rings is 1. The van der Waals surface area contributed by atoms with Gasteiger partial charge in [0.2, 0.25) is 5.95 Å². The number of aryl methyl sites for hydroxylation is 2. The van der Waals surface area contributed by atoms with E-state index in [0.29, 0.717) is 29.7 Å². The Morgan fingerprint density at radius 2 is 1.73 bits per heavy atom. The Hall–Kier alpha value is -4.61. The third-order valence-corrected chi connectivity index (χ3v) is 4.74. The number of carboxylic acid groups (broad SMARTS) is 2. The van der Waals surface area contributed by atoms with Gasteiger partial charge < -0.3 is 27.0 Å². The molecule has 12 heteroatoms. The van der Waals surface area contributed by atoms with Crippen LogP contribution in [0.4, 0.5) is 11.8 Å². The van der Waals surface area contributed by atoms with Crippen molar-refractivity contribution in [2.45, 2.75) is 25.3 Å². The summed E-state index contributed by atoms with van der Waals surface area (Å²) in [4.78, 5) is 51.1. The van der Waals surface area contributed by atoms with Gasteiger partial charge in [-0.05, 0) is 30.5 Å². The van der Waals surface area contributed by atoms with Crippen LogP contribution in [0, 0.1) is 0 Å². The van der Waals surface area contributed by atoms with E-state index in [1.807, 2.05) is 0 Å². The molecule has 2 aromatic heterocycles. The van der Waals surface area contributed by atoms with Crippen molar-refractivity contribution >= 4 is 40.8 Å². The minimum atomic E-state index is -1.40. The van der Waals surface area contributed by atoms with E-state index in [9.17, 15) is 19.5 Å². The molecule has 33 heavy (non-hydrogen) atoms. The summed E-state index contributed by atoms with van der Waals surface area (Å²) < 4.78 is 0. The summed E-state index contributed by atoms with van der Waals surface area (Å²) in [6.45, 7) is 3.30. The number of nitrogens with one attached hydrogen (secondary N) is 1. The molecule has 12 nitrogen and oxygen atoms in total. The van der Waals surface area contributed by atoms with Crippen molar-refractivity contribution in [3.8, 4) is 0 Å². The molecule has 170 valence electrons. The number of carbonyl (C=O) groups excluding carboxylic acids is 1. The maximum absolute atomic E-state index is 12.4. The molecule has 0 fully saturated rings. The number of nitrogen functional groups attached to an aromatic ring is 2. The Morgan fingerprint density at radius 3 is 2.36 bits per heavy atom. The summed E-state index contributed by atoms with van der Waals surface area (Å²) in [6, 6.07) is 5.16. The Balaban J connectivity index is 1.63. The minimum absolute atomic E-state index is 0.0210. The predicted molar refractivity (Wildman–Crippen MR) is 118 cm³/mol. The quantitative estimate of drug-likeness (QED) is 0.284. The number of amides is 1. The average Bonchev–Trinajstić information content (AvgIpc) is 2.77. The second kappa shape index (κ2) is 9.68. The Kier molecular flexibility index (Phi) is 6.77. The topological polar surface area (TPSA) is 207 Å². The van der Waals surface area contributed by atoms with Crippen LogP contribution in [0.25, 0.3) is 11.2 Å². The van der Waals surface area contributed by atoms with E-state index < -0.39 is 30.3 Å². The standard InChI is InChI=1S/C21H21N7O5/c1-10(19(30)31)8-14(20(32)33)26-18(29)12-5-2-11(3-6-12)4-7-13-9-24-17-15(25-13)16(22)27-21(23)28-17/h2-3,5-6,9,14H,1,4,7-8H2,(H,26,29)(H,30,31)(H,32,33)(H4,22,23,24,27,28). The summed E-state index contributed by atoms with van der Waals surface area (Å²) in [5, 5.41) is 20.4. The fraction of sp³-hybridized carbons (Fsp3) is 0.190. The maximum atomic E-state index is 12.4. The van der Waals surface area contributed by atoms with E-state index in [2.05, 4.69) is 31.8 Å².